The van der Waals surface area contributed by atoms with Gasteiger partial charge in [-0.1, -0.05) is 12.1 Å². The molecular weight excluding hydrogens is 206 g/mol. The number of hydrogen-bond donors (Lipinski definition) is 2. The Labute approximate surface area is 81.6 Å². The van der Waals surface area contributed by atoms with Crippen LogP contribution in [0, 0.1) is 5.41 Å². The van der Waals surface area contributed by atoms with Crippen LogP contribution in [0.25, 0.3) is 0 Å². The summed E-state index contributed by atoms with van der Waals surface area (Å²) in [7, 11) is -3.06. The molecule has 1 aromatic carbocycles. The van der Waals surface area contributed by atoms with Crippen LogP contribution in [0.1, 0.15) is 5.56 Å². The fraction of sp³-hybridized carbons (Fsp3) is 0.125. The van der Waals surface area contributed by atoms with Gasteiger partial charge in [-0.05, 0) is 12.1 Å². The van der Waals surface area contributed by atoms with E-state index in [1.165, 1.54) is 25.3 Å². The standard InChI is InChI=1S/C8H9NO4S/c1-13-8(9)6-4-2-3-5-7(6)14(10,11)12/h2-5,9H,1H3,(H,10,11,12). The highest BCUT2D eigenvalue weighted by Crippen LogP contribution is 2.15. The number of benzene rings is 1. The van der Waals surface area contributed by atoms with E-state index < -0.39 is 10.1 Å². The van der Waals surface area contributed by atoms with Crippen molar-refractivity contribution in [2.24, 2.45) is 0 Å². The van der Waals surface area contributed by atoms with Gasteiger partial charge in [0.25, 0.3) is 10.1 Å². The summed E-state index contributed by atoms with van der Waals surface area (Å²) in [5, 5.41) is 7.30. The van der Waals surface area contributed by atoms with Gasteiger partial charge in [-0.3, -0.25) is 9.96 Å². The lowest BCUT2D eigenvalue weighted by Gasteiger charge is -2.06. The fourth-order valence-electron chi connectivity index (χ4n) is 0.989. The predicted molar refractivity (Wildman–Crippen MR) is 50.1 cm³/mol. The van der Waals surface area contributed by atoms with E-state index in [0.29, 0.717) is 0 Å². The second-order valence-electron chi connectivity index (χ2n) is 2.50. The SMILES string of the molecule is COC(=N)c1ccccc1S(=O)(=O)O. The van der Waals surface area contributed by atoms with Gasteiger partial charge in [-0.15, -0.1) is 0 Å². The summed E-state index contributed by atoms with van der Waals surface area (Å²) in [6, 6.07) is 5.60. The number of methoxy groups -OCH3 is 1. The second kappa shape index (κ2) is 3.77. The van der Waals surface area contributed by atoms with Crippen LogP contribution < -0.4 is 0 Å². The third kappa shape index (κ3) is 2.09. The van der Waals surface area contributed by atoms with Crippen LogP contribution in [-0.4, -0.2) is 26.0 Å². The minimum atomic E-state index is -4.31. The minimum absolute atomic E-state index is 0.0394. The molecular formula is C8H9NO4S. The summed E-state index contributed by atoms with van der Waals surface area (Å²) < 4.78 is 35.2. The first-order chi connectivity index (χ1) is 6.46. The van der Waals surface area contributed by atoms with Gasteiger partial charge in [0.05, 0.1) is 12.7 Å². The van der Waals surface area contributed by atoms with Gasteiger partial charge in [-0.25, -0.2) is 0 Å². The highest BCUT2D eigenvalue weighted by atomic mass is 32.2. The molecule has 0 amide bonds. The molecule has 1 aromatic rings. The summed E-state index contributed by atoms with van der Waals surface area (Å²) in [4.78, 5) is -0.327. The molecule has 0 aromatic heterocycles. The molecule has 0 spiro atoms. The molecule has 0 radical (unpaired) electrons. The molecule has 0 unspecified atom stereocenters. The normalized spacial score (nSPS) is 11.0. The van der Waals surface area contributed by atoms with Crippen molar-refractivity contribution in [1.82, 2.24) is 0 Å². The van der Waals surface area contributed by atoms with Crippen molar-refractivity contribution in [1.29, 1.82) is 5.41 Å². The van der Waals surface area contributed by atoms with E-state index in [0.717, 1.165) is 0 Å². The molecule has 5 nitrogen and oxygen atoms in total. The summed E-state index contributed by atoms with van der Waals surface area (Å²) in [5.74, 6) is -0.307. The Bertz CT molecular complexity index is 452. The van der Waals surface area contributed by atoms with Crippen molar-refractivity contribution < 1.29 is 17.7 Å². The molecule has 2 N–H and O–H groups in total. The van der Waals surface area contributed by atoms with Crippen LogP contribution in [0.4, 0.5) is 0 Å². The quantitative estimate of drug-likeness (QED) is 0.436. The van der Waals surface area contributed by atoms with Crippen molar-refractivity contribution in [3.63, 3.8) is 0 Å². The summed E-state index contributed by atoms with van der Waals surface area (Å²) in [6.45, 7) is 0. The fourth-order valence-corrected chi connectivity index (χ4v) is 1.68. The zero-order valence-corrected chi connectivity index (χ0v) is 8.21. The average molecular weight is 215 g/mol. The first kappa shape index (κ1) is 10.7. The molecule has 0 aliphatic heterocycles. The maximum Gasteiger partial charge on any atom is 0.295 e. The Morgan fingerprint density at radius 3 is 2.50 bits per heavy atom. The molecule has 6 heteroatoms. The minimum Gasteiger partial charge on any atom is -0.481 e. The largest absolute Gasteiger partial charge is 0.481 e. The number of ether oxygens (including phenoxy) is 1. The second-order valence-corrected chi connectivity index (χ2v) is 3.89. The van der Waals surface area contributed by atoms with Crippen LogP contribution in [0.15, 0.2) is 29.2 Å². The molecule has 76 valence electrons. The highest BCUT2D eigenvalue weighted by molar-refractivity contribution is 7.86. The number of rotatable bonds is 2. The van der Waals surface area contributed by atoms with E-state index in [1.54, 1.807) is 6.07 Å². The van der Waals surface area contributed by atoms with E-state index in [2.05, 4.69) is 4.74 Å². The smallest absolute Gasteiger partial charge is 0.295 e. The lowest BCUT2D eigenvalue weighted by Crippen LogP contribution is -2.09. The van der Waals surface area contributed by atoms with Crippen LogP contribution in [-0.2, 0) is 14.9 Å². The summed E-state index contributed by atoms with van der Waals surface area (Å²) >= 11 is 0. The topological polar surface area (TPSA) is 87.5 Å². The van der Waals surface area contributed by atoms with Gasteiger partial charge in [-0.2, -0.15) is 8.42 Å². The van der Waals surface area contributed by atoms with E-state index in [-0.39, 0.29) is 16.4 Å². The Morgan fingerprint density at radius 2 is 2.00 bits per heavy atom. The molecule has 0 atom stereocenters. The van der Waals surface area contributed by atoms with E-state index in [1.807, 2.05) is 0 Å². The molecule has 0 saturated heterocycles. The van der Waals surface area contributed by atoms with Crippen molar-refractivity contribution in [2.75, 3.05) is 7.11 Å². The predicted octanol–water partition coefficient (Wildman–Crippen LogP) is 0.905. The monoisotopic (exact) mass is 215 g/mol. The first-order valence-electron chi connectivity index (χ1n) is 3.66. The van der Waals surface area contributed by atoms with Crippen molar-refractivity contribution in [3.05, 3.63) is 29.8 Å². The van der Waals surface area contributed by atoms with E-state index >= 15 is 0 Å². The van der Waals surface area contributed by atoms with Crippen LogP contribution in [0.5, 0.6) is 0 Å². The Hall–Kier alpha value is -1.40. The third-order valence-corrected chi connectivity index (χ3v) is 2.53. The van der Waals surface area contributed by atoms with Gasteiger partial charge in [0.1, 0.15) is 4.90 Å². The van der Waals surface area contributed by atoms with Crippen LogP contribution >= 0.6 is 0 Å². The van der Waals surface area contributed by atoms with Gasteiger partial charge in [0.15, 0.2) is 0 Å². The van der Waals surface area contributed by atoms with Crippen LogP contribution in [0.3, 0.4) is 0 Å². The lowest BCUT2D eigenvalue weighted by molar-refractivity contribution is 0.399. The first-order valence-corrected chi connectivity index (χ1v) is 5.10. The molecule has 0 fully saturated rings. The molecule has 0 aliphatic carbocycles. The number of nitrogens with one attached hydrogen (secondary N) is 1. The lowest BCUT2D eigenvalue weighted by atomic mass is 10.2. The Balaban J connectivity index is 3.38. The van der Waals surface area contributed by atoms with Gasteiger partial charge in [0, 0.05) is 0 Å². The van der Waals surface area contributed by atoms with Gasteiger partial charge >= 0.3 is 0 Å². The number of hydrogen-bond acceptors (Lipinski definition) is 4. The third-order valence-electron chi connectivity index (χ3n) is 1.61. The molecule has 0 saturated carbocycles. The van der Waals surface area contributed by atoms with Crippen molar-refractivity contribution in [3.8, 4) is 0 Å². The summed E-state index contributed by atoms with van der Waals surface area (Å²) in [5.41, 5.74) is 0.0394. The van der Waals surface area contributed by atoms with E-state index in [9.17, 15) is 8.42 Å². The van der Waals surface area contributed by atoms with Crippen molar-refractivity contribution in [2.45, 2.75) is 4.90 Å². The summed E-state index contributed by atoms with van der Waals surface area (Å²) in [6.07, 6.45) is 0. The Kier molecular flexibility index (Phi) is 2.87. The maximum absolute atomic E-state index is 10.9. The average Bonchev–Trinajstić information content (AvgIpc) is 2.15. The zero-order valence-electron chi connectivity index (χ0n) is 7.39. The van der Waals surface area contributed by atoms with E-state index in [4.69, 9.17) is 9.96 Å². The molecule has 14 heavy (non-hydrogen) atoms. The molecule has 0 heterocycles. The van der Waals surface area contributed by atoms with Crippen LogP contribution in [0.2, 0.25) is 0 Å². The Morgan fingerprint density at radius 1 is 1.43 bits per heavy atom. The molecule has 1 rings (SSSR count). The van der Waals surface area contributed by atoms with Gasteiger partial charge < -0.3 is 4.74 Å². The molecule has 0 aliphatic rings. The maximum atomic E-state index is 10.9. The van der Waals surface area contributed by atoms with Gasteiger partial charge in [0.2, 0.25) is 5.90 Å². The molecule has 0 bridgehead atoms. The highest BCUT2D eigenvalue weighted by Gasteiger charge is 2.17. The van der Waals surface area contributed by atoms with Crippen molar-refractivity contribution >= 4 is 16.0 Å². The zero-order chi connectivity index (χ0) is 10.8.